The lowest BCUT2D eigenvalue weighted by Gasteiger charge is -2.09. The van der Waals surface area contributed by atoms with Gasteiger partial charge >= 0.3 is 5.97 Å². The standard InChI is InChI=1S/C15H19NO5/c1-19-15(18)5-6-16-14(17)10-11-3-4-12-13(9-11)21-8-2-7-20-12/h3-4,9H,2,5-8,10H2,1H3,(H,16,17). The van der Waals surface area contributed by atoms with E-state index in [2.05, 4.69) is 10.1 Å². The number of nitrogens with one attached hydrogen (secondary N) is 1. The van der Waals surface area contributed by atoms with Crippen molar-refractivity contribution < 1.29 is 23.8 Å². The molecule has 1 aliphatic rings. The highest BCUT2D eigenvalue weighted by Gasteiger charge is 2.12. The second-order valence-electron chi connectivity index (χ2n) is 4.68. The minimum absolute atomic E-state index is 0.145. The van der Waals surface area contributed by atoms with Gasteiger partial charge in [-0.2, -0.15) is 0 Å². The Labute approximate surface area is 123 Å². The van der Waals surface area contributed by atoms with Crippen molar-refractivity contribution in [2.75, 3.05) is 26.9 Å². The predicted octanol–water partition coefficient (Wildman–Crippen LogP) is 1.07. The fourth-order valence-electron chi connectivity index (χ4n) is 1.97. The van der Waals surface area contributed by atoms with Crippen LogP contribution < -0.4 is 14.8 Å². The summed E-state index contributed by atoms with van der Waals surface area (Å²) < 4.78 is 15.6. The molecule has 1 amide bonds. The monoisotopic (exact) mass is 293 g/mol. The number of benzene rings is 1. The molecule has 21 heavy (non-hydrogen) atoms. The number of carbonyl (C=O) groups is 2. The number of ether oxygens (including phenoxy) is 3. The van der Waals surface area contributed by atoms with Crippen LogP contribution in [0.5, 0.6) is 11.5 Å². The Balaban J connectivity index is 1.86. The van der Waals surface area contributed by atoms with Crippen LogP contribution in [0.3, 0.4) is 0 Å². The van der Waals surface area contributed by atoms with Gasteiger partial charge in [0.05, 0.1) is 33.2 Å². The first kappa shape index (κ1) is 15.2. The van der Waals surface area contributed by atoms with Gasteiger partial charge in [0, 0.05) is 13.0 Å². The second kappa shape index (κ2) is 7.52. The van der Waals surface area contributed by atoms with Crippen LogP contribution in [0, 0.1) is 0 Å². The van der Waals surface area contributed by atoms with Gasteiger partial charge in [-0.1, -0.05) is 6.07 Å². The first-order valence-corrected chi connectivity index (χ1v) is 6.91. The third-order valence-corrected chi connectivity index (χ3v) is 3.06. The van der Waals surface area contributed by atoms with Gasteiger partial charge in [0.2, 0.25) is 5.91 Å². The number of hydrogen-bond acceptors (Lipinski definition) is 5. The zero-order valence-corrected chi connectivity index (χ0v) is 12.0. The zero-order valence-electron chi connectivity index (χ0n) is 12.0. The molecule has 114 valence electrons. The summed E-state index contributed by atoms with van der Waals surface area (Å²) in [4.78, 5) is 22.7. The summed E-state index contributed by atoms with van der Waals surface area (Å²) in [7, 11) is 1.32. The average Bonchev–Trinajstić information content (AvgIpc) is 2.71. The molecule has 2 rings (SSSR count). The number of rotatable bonds is 5. The summed E-state index contributed by atoms with van der Waals surface area (Å²) in [5.41, 5.74) is 0.842. The van der Waals surface area contributed by atoms with Gasteiger partial charge in [-0.05, 0) is 17.7 Å². The minimum atomic E-state index is -0.342. The van der Waals surface area contributed by atoms with E-state index in [1.54, 1.807) is 0 Å². The molecule has 0 aliphatic carbocycles. The average molecular weight is 293 g/mol. The molecular weight excluding hydrogens is 274 g/mol. The quantitative estimate of drug-likeness (QED) is 0.822. The molecule has 6 heteroatoms. The number of amides is 1. The van der Waals surface area contributed by atoms with E-state index in [-0.39, 0.29) is 31.3 Å². The van der Waals surface area contributed by atoms with E-state index >= 15 is 0 Å². The van der Waals surface area contributed by atoms with Crippen LogP contribution in [-0.4, -0.2) is 38.7 Å². The molecule has 0 saturated heterocycles. The van der Waals surface area contributed by atoms with Gasteiger partial charge in [-0.3, -0.25) is 9.59 Å². The Morgan fingerprint density at radius 2 is 2.00 bits per heavy atom. The lowest BCUT2D eigenvalue weighted by atomic mass is 10.1. The third-order valence-electron chi connectivity index (χ3n) is 3.06. The molecule has 0 atom stereocenters. The van der Waals surface area contributed by atoms with E-state index < -0.39 is 0 Å². The van der Waals surface area contributed by atoms with Crippen LogP contribution in [0.1, 0.15) is 18.4 Å². The summed E-state index contributed by atoms with van der Waals surface area (Å²) in [6.45, 7) is 1.53. The molecule has 1 N–H and O–H groups in total. The second-order valence-corrected chi connectivity index (χ2v) is 4.68. The van der Waals surface area contributed by atoms with Gasteiger partial charge in [-0.15, -0.1) is 0 Å². The van der Waals surface area contributed by atoms with Crippen molar-refractivity contribution >= 4 is 11.9 Å². The Morgan fingerprint density at radius 3 is 2.76 bits per heavy atom. The zero-order chi connectivity index (χ0) is 15.1. The van der Waals surface area contributed by atoms with Crippen LogP contribution in [0.25, 0.3) is 0 Å². The summed E-state index contributed by atoms with van der Waals surface area (Å²) in [5.74, 6) is 0.897. The summed E-state index contributed by atoms with van der Waals surface area (Å²) in [6, 6.07) is 5.48. The van der Waals surface area contributed by atoms with Crippen molar-refractivity contribution in [3.05, 3.63) is 23.8 Å². The summed E-state index contributed by atoms with van der Waals surface area (Å²) >= 11 is 0. The SMILES string of the molecule is COC(=O)CCNC(=O)Cc1ccc2c(c1)OCCCO2. The lowest BCUT2D eigenvalue weighted by molar-refractivity contribution is -0.140. The molecule has 6 nitrogen and oxygen atoms in total. The fourth-order valence-corrected chi connectivity index (χ4v) is 1.97. The molecule has 0 bridgehead atoms. The minimum Gasteiger partial charge on any atom is -0.490 e. The van der Waals surface area contributed by atoms with E-state index in [9.17, 15) is 9.59 Å². The summed E-state index contributed by atoms with van der Waals surface area (Å²) in [6.07, 6.45) is 1.25. The Kier molecular flexibility index (Phi) is 5.43. The highest BCUT2D eigenvalue weighted by molar-refractivity contribution is 5.79. The van der Waals surface area contributed by atoms with Crippen molar-refractivity contribution in [2.45, 2.75) is 19.3 Å². The molecule has 1 aromatic rings. The first-order chi connectivity index (χ1) is 10.2. The van der Waals surface area contributed by atoms with Gasteiger partial charge < -0.3 is 19.5 Å². The normalized spacial score (nSPS) is 13.2. The van der Waals surface area contributed by atoms with Crippen molar-refractivity contribution in [2.24, 2.45) is 0 Å². The van der Waals surface area contributed by atoms with E-state index in [0.717, 1.165) is 12.0 Å². The highest BCUT2D eigenvalue weighted by Crippen LogP contribution is 2.30. The van der Waals surface area contributed by atoms with E-state index in [4.69, 9.17) is 9.47 Å². The number of carbonyl (C=O) groups excluding carboxylic acids is 2. The van der Waals surface area contributed by atoms with Crippen molar-refractivity contribution in [3.63, 3.8) is 0 Å². The van der Waals surface area contributed by atoms with Crippen LogP contribution in [0.4, 0.5) is 0 Å². The maximum absolute atomic E-state index is 11.8. The number of esters is 1. The van der Waals surface area contributed by atoms with Gasteiger partial charge in [0.15, 0.2) is 11.5 Å². The fraction of sp³-hybridized carbons (Fsp3) is 0.467. The Bertz CT molecular complexity index is 515. The predicted molar refractivity (Wildman–Crippen MR) is 75.4 cm³/mol. The van der Waals surface area contributed by atoms with Crippen molar-refractivity contribution in [1.82, 2.24) is 5.32 Å². The van der Waals surface area contributed by atoms with E-state index in [1.165, 1.54) is 7.11 Å². The van der Waals surface area contributed by atoms with Crippen LogP contribution >= 0.6 is 0 Å². The first-order valence-electron chi connectivity index (χ1n) is 6.91. The largest absolute Gasteiger partial charge is 0.490 e. The van der Waals surface area contributed by atoms with E-state index in [1.807, 2.05) is 18.2 Å². The number of fused-ring (bicyclic) bond motifs is 1. The number of methoxy groups -OCH3 is 1. The molecule has 0 aromatic heterocycles. The molecule has 0 fully saturated rings. The maximum atomic E-state index is 11.8. The smallest absolute Gasteiger partial charge is 0.307 e. The van der Waals surface area contributed by atoms with Crippen LogP contribution in [0.2, 0.25) is 0 Å². The summed E-state index contributed by atoms with van der Waals surface area (Å²) in [5, 5.41) is 2.68. The molecule has 0 spiro atoms. The van der Waals surface area contributed by atoms with Gasteiger partial charge in [0.1, 0.15) is 0 Å². The van der Waals surface area contributed by atoms with Crippen LogP contribution in [-0.2, 0) is 20.7 Å². The third kappa shape index (κ3) is 4.66. The maximum Gasteiger partial charge on any atom is 0.307 e. The van der Waals surface area contributed by atoms with Crippen molar-refractivity contribution in [3.8, 4) is 11.5 Å². The molecule has 1 aliphatic heterocycles. The highest BCUT2D eigenvalue weighted by atomic mass is 16.5. The molecule has 1 aromatic carbocycles. The molecule has 0 unspecified atom stereocenters. The Hall–Kier alpha value is -2.24. The van der Waals surface area contributed by atoms with E-state index in [0.29, 0.717) is 24.7 Å². The molecular formula is C15H19NO5. The van der Waals surface area contributed by atoms with Crippen molar-refractivity contribution in [1.29, 1.82) is 0 Å². The number of hydrogen-bond donors (Lipinski definition) is 1. The molecule has 0 saturated carbocycles. The van der Waals surface area contributed by atoms with Gasteiger partial charge in [0.25, 0.3) is 0 Å². The molecule has 0 radical (unpaired) electrons. The lowest BCUT2D eigenvalue weighted by Crippen LogP contribution is -2.27. The Morgan fingerprint density at radius 1 is 1.24 bits per heavy atom. The van der Waals surface area contributed by atoms with Crippen LogP contribution in [0.15, 0.2) is 18.2 Å². The van der Waals surface area contributed by atoms with Gasteiger partial charge in [-0.25, -0.2) is 0 Å². The topological polar surface area (TPSA) is 73.9 Å². The molecule has 1 heterocycles.